The molecule has 140 valence electrons. The summed E-state index contributed by atoms with van der Waals surface area (Å²) in [5.74, 6) is 0.874. The van der Waals surface area contributed by atoms with E-state index in [1.807, 2.05) is 0 Å². The van der Waals surface area contributed by atoms with Gasteiger partial charge in [-0.1, -0.05) is 12.1 Å². The van der Waals surface area contributed by atoms with Crippen molar-refractivity contribution in [3.8, 4) is 17.2 Å². The van der Waals surface area contributed by atoms with Crippen molar-refractivity contribution >= 4 is 23.6 Å². The third kappa shape index (κ3) is 5.24. The molecule has 2 aromatic carbocycles. The molecule has 1 amide bonds. The highest BCUT2D eigenvalue weighted by atomic mass is 16.6. The first-order valence-corrected chi connectivity index (χ1v) is 8.32. The summed E-state index contributed by atoms with van der Waals surface area (Å²) in [4.78, 5) is 23.7. The Labute approximate surface area is 156 Å². The van der Waals surface area contributed by atoms with Gasteiger partial charge >= 0.3 is 5.97 Å². The Balaban J connectivity index is 1.46. The van der Waals surface area contributed by atoms with E-state index in [9.17, 15) is 9.59 Å². The van der Waals surface area contributed by atoms with Crippen LogP contribution in [0.1, 0.15) is 5.56 Å². The molecule has 0 aromatic heterocycles. The molecule has 0 aliphatic carbocycles. The van der Waals surface area contributed by atoms with Crippen molar-refractivity contribution in [3.05, 3.63) is 54.1 Å². The first-order valence-electron chi connectivity index (χ1n) is 8.32. The van der Waals surface area contributed by atoms with Gasteiger partial charge in [-0.2, -0.15) is 0 Å². The van der Waals surface area contributed by atoms with Crippen molar-refractivity contribution in [2.45, 2.75) is 0 Å². The normalized spacial score (nSPS) is 12.5. The molecular formula is C20H19NO6. The maximum absolute atomic E-state index is 11.9. The number of anilines is 1. The summed E-state index contributed by atoms with van der Waals surface area (Å²) in [6, 6.07) is 12.2. The van der Waals surface area contributed by atoms with E-state index in [4.69, 9.17) is 18.9 Å². The van der Waals surface area contributed by atoms with Crippen molar-refractivity contribution in [2.75, 3.05) is 32.2 Å². The van der Waals surface area contributed by atoms with Crippen LogP contribution in [0.5, 0.6) is 17.2 Å². The van der Waals surface area contributed by atoms with Crippen molar-refractivity contribution < 1.29 is 28.5 Å². The van der Waals surface area contributed by atoms with E-state index in [1.54, 1.807) is 55.7 Å². The highest BCUT2D eigenvalue weighted by Gasteiger charge is 2.13. The second-order valence-corrected chi connectivity index (χ2v) is 5.62. The molecule has 3 rings (SSSR count). The number of rotatable bonds is 6. The van der Waals surface area contributed by atoms with E-state index < -0.39 is 11.9 Å². The number of hydrogen-bond donors (Lipinski definition) is 1. The maximum atomic E-state index is 11.9. The Morgan fingerprint density at radius 3 is 2.56 bits per heavy atom. The van der Waals surface area contributed by atoms with Crippen LogP contribution in [0.15, 0.2) is 48.5 Å². The van der Waals surface area contributed by atoms with E-state index in [2.05, 4.69) is 5.32 Å². The Kier molecular flexibility index (Phi) is 5.94. The number of ether oxygens (including phenoxy) is 4. The van der Waals surface area contributed by atoms with Crippen molar-refractivity contribution in [1.29, 1.82) is 0 Å². The van der Waals surface area contributed by atoms with Gasteiger partial charge in [0.05, 0.1) is 7.11 Å². The molecule has 1 heterocycles. The van der Waals surface area contributed by atoms with E-state index in [0.29, 0.717) is 30.4 Å². The summed E-state index contributed by atoms with van der Waals surface area (Å²) in [7, 11) is 1.58. The average Bonchev–Trinajstić information content (AvgIpc) is 2.71. The molecule has 27 heavy (non-hydrogen) atoms. The first-order chi connectivity index (χ1) is 13.1. The Morgan fingerprint density at radius 2 is 1.81 bits per heavy atom. The predicted octanol–water partition coefficient (Wildman–Crippen LogP) is 2.66. The van der Waals surface area contributed by atoms with Crippen LogP contribution >= 0.6 is 0 Å². The van der Waals surface area contributed by atoms with Gasteiger partial charge in [0.25, 0.3) is 5.91 Å². The van der Waals surface area contributed by atoms with Crippen LogP contribution in [0.25, 0.3) is 6.08 Å². The molecular weight excluding hydrogens is 350 g/mol. The number of amides is 1. The second-order valence-electron chi connectivity index (χ2n) is 5.62. The minimum Gasteiger partial charge on any atom is -0.497 e. The monoisotopic (exact) mass is 369 g/mol. The van der Waals surface area contributed by atoms with Crippen molar-refractivity contribution in [1.82, 2.24) is 0 Å². The number of carbonyl (C=O) groups is 2. The van der Waals surface area contributed by atoms with Gasteiger partial charge in [0.2, 0.25) is 0 Å². The molecule has 0 unspecified atom stereocenters. The van der Waals surface area contributed by atoms with Crippen LogP contribution in [-0.4, -0.2) is 38.8 Å². The molecule has 1 aliphatic rings. The molecule has 0 saturated heterocycles. The Morgan fingerprint density at radius 1 is 1.07 bits per heavy atom. The fraction of sp³-hybridized carbons (Fsp3) is 0.200. The van der Waals surface area contributed by atoms with E-state index in [0.717, 1.165) is 11.3 Å². The zero-order valence-electron chi connectivity index (χ0n) is 14.8. The van der Waals surface area contributed by atoms with Gasteiger partial charge in [-0.15, -0.1) is 0 Å². The first kappa shape index (κ1) is 18.3. The Hall–Kier alpha value is -3.48. The number of hydrogen-bond acceptors (Lipinski definition) is 6. The number of esters is 1. The van der Waals surface area contributed by atoms with E-state index >= 15 is 0 Å². The highest BCUT2D eigenvalue weighted by Crippen LogP contribution is 2.32. The molecule has 0 saturated carbocycles. The number of benzene rings is 2. The van der Waals surface area contributed by atoms with Gasteiger partial charge < -0.3 is 24.3 Å². The lowest BCUT2D eigenvalue weighted by Gasteiger charge is -2.18. The SMILES string of the molecule is COc1ccc(C=CC(=O)OCC(=O)Nc2ccc3c(c2)OCCO3)cc1. The lowest BCUT2D eigenvalue weighted by Crippen LogP contribution is -2.20. The van der Waals surface area contributed by atoms with Gasteiger partial charge in [-0.25, -0.2) is 4.79 Å². The minimum atomic E-state index is -0.608. The number of nitrogens with one attached hydrogen (secondary N) is 1. The van der Waals surface area contributed by atoms with Gasteiger partial charge in [0, 0.05) is 17.8 Å². The number of methoxy groups -OCH3 is 1. The van der Waals surface area contributed by atoms with Crippen LogP contribution in [-0.2, 0) is 14.3 Å². The number of fused-ring (bicyclic) bond motifs is 1. The molecule has 0 atom stereocenters. The van der Waals surface area contributed by atoms with E-state index in [-0.39, 0.29) is 6.61 Å². The second kappa shape index (κ2) is 8.75. The summed E-state index contributed by atoms with van der Waals surface area (Å²) in [6.07, 6.45) is 2.86. The van der Waals surface area contributed by atoms with E-state index in [1.165, 1.54) is 6.08 Å². The van der Waals surface area contributed by atoms with Crippen LogP contribution in [0.4, 0.5) is 5.69 Å². The lowest BCUT2D eigenvalue weighted by atomic mass is 10.2. The summed E-state index contributed by atoms with van der Waals surface area (Å²) in [5.41, 5.74) is 1.35. The lowest BCUT2D eigenvalue weighted by molar-refractivity contribution is -0.142. The van der Waals surface area contributed by atoms with Gasteiger partial charge in [0.15, 0.2) is 18.1 Å². The average molecular weight is 369 g/mol. The smallest absolute Gasteiger partial charge is 0.331 e. The van der Waals surface area contributed by atoms with Crippen molar-refractivity contribution in [2.24, 2.45) is 0 Å². The fourth-order valence-electron chi connectivity index (χ4n) is 2.38. The van der Waals surface area contributed by atoms with Crippen LogP contribution in [0.3, 0.4) is 0 Å². The highest BCUT2D eigenvalue weighted by molar-refractivity contribution is 5.94. The van der Waals surface area contributed by atoms with Crippen LogP contribution < -0.4 is 19.5 Å². The molecule has 7 heteroatoms. The molecule has 7 nitrogen and oxygen atoms in total. The van der Waals surface area contributed by atoms with Gasteiger partial charge in [0.1, 0.15) is 19.0 Å². The molecule has 0 spiro atoms. The maximum Gasteiger partial charge on any atom is 0.331 e. The summed E-state index contributed by atoms with van der Waals surface area (Å²) >= 11 is 0. The summed E-state index contributed by atoms with van der Waals surface area (Å²) < 4.78 is 20.9. The third-order valence-electron chi connectivity index (χ3n) is 3.70. The summed E-state index contributed by atoms with van der Waals surface area (Å²) in [5, 5.41) is 2.64. The zero-order chi connectivity index (χ0) is 19.1. The topological polar surface area (TPSA) is 83.1 Å². The zero-order valence-corrected chi connectivity index (χ0v) is 14.8. The molecule has 0 bridgehead atoms. The third-order valence-corrected chi connectivity index (χ3v) is 3.70. The van der Waals surface area contributed by atoms with Gasteiger partial charge in [-0.05, 0) is 35.9 Å². The number of carbonyl (C=O) groups excluding carboxylic acids is 2. The predicted molar refractivity (Wildman–Crippen MR) is 99.0 cm³/mol. The molecule has 2 aromatic rings. The van der Waals surface area contributed by atoms with Crippen molar-refractivity contribution in [3.63, 3.8) is 0 Å². The molecule has 1 aliphatic heterocycles. The van der Waals surface area contributed by atoms with Gasteiger partial charge in [-0.3, -0.25) is 4.79 Å². The largest absolute Gasteiger partial charge is 0.497 e. The Bertz CT molecular complexity index is 844. The van der Waals surface area contributed by atoms with Crippen LogP contribution in [0.2, 0.25) is 0 Å². The standard InChI is InChI=1S/C20H19NO6/c1-24-16-6-2-14(3-7-16)4-9-20(23)27-13-19(22)21-15-5-8-17-18(12-15)26-11-10-25-17/h2-9,12H,10-11,13H2,1H3,(H,21,22). The van der Waals surface area contributed by atoms with Crippen LogP contribution in [0, 0.1) is 0 Å². The quantitative estimate of drug-likeness (QED) is 0.623. The summed E-state index contributed by atoms with van der Waals surface area (Å²) in [6.45, 7) is 0.571. The molecule has 0 fully saturated rings. The molecule has 1 N–H and O–H groups in total. The fourth-order valence-corrected chi connectivity index (χ4v) is 2.38. The minimum absolute atomic E-state index is 0.389. The molecule has 0 radical (unpaired) electrons.